The van der Waals surface area contributed by atoms with E-state index in [9.17, 15) is 4.79 Å². The van der Waals surface area contributed by atoms with Gasteiger partial charge in [-0.3, -0.25) is 14.4 Å². The van der Waals surface area contributed by atoms with Crippen LogP contribution in [0, 0.1) is 6.92 Å². The quantitative estimate of drug-likeness (QED) is 0.805. The molecule has 0 N–H and O–H groups in total. The van der Waals surface area contributed by atoms with Gasteiger partial charge in [0, 0.05) is 39.4 Å². The minimum Gasteiger partial charge on any atom is -0.336 e. The lowest BCUT2D eigenvalue weighted by Crippen LogP contribution is -2.50. The summed E-state index contributed by atoms with van der Waals surface area (Å²) in [6.45, 7) is 7.23. The molecular formula is C12H20N4OS. The monoisotopic (exact) mass is 268 g/mol. The van der Waals surface area contributed by atoms with Crippen LogP contribution in [-0.2, 0) is 7.05 Å². The predicted octanol–water partition coefficient (Wildman–Crippen LogP) is 0.762. The molecule has 100 valence electrons. The Bertz CT molecular complexity index is 435. The molecule has 0 spiro atoms. The maximum Gasteiger partial charge on any atom is 0.257 e. The van der Waals surface area contributed by atoms with Gasteiger partial charge in [-0.05, 0) is 13.8 Å². The van der Waals surface area contributed by atoms with Crippen molar-refractivity contribution in [3.63, 3.8) is 0 Å². The van der Waals surface area contributed by atoms with Crippen molar-refractivity contribution >= 4 is 18.5 Å². The number of carbonyl (C=O) groups is 1. The van der Waals surface area contributed by atoms with E-state index in [-0.39, 0.29) is 11.3 Å². The highest BCUT2D eigenvalue weighted by Crippen LogP contribution is 2.13. The highest BCUT2D eigenvalue weighted by atomic mass is 32.1. The number of hydrogen-bond acceptors (Lipinski definition) is 4. The Morgan fingerprint density at radius 3 is 2.44 bits per heavy atom. The fourth-order valence-electron chi connectivity index (χ4n) is 2.28. The second kappa shape index (κ2) is 5.32. The first-order valence-corrected chi connectivity index (χ1v) is 6.72. The molecule has 18 heavy (non-hydrogen) atoms. The Morgan fingerprint density at radius 2 is 2.00 bits per heavy atom. The number of rotatable bonds is 2. The average Bonchev–Trinajstić information content (AvgIpc) is 2.67. The number of aromatic nitrogens is 2. The molecule has 1 atom stereocenters. The maximum atomic E-state index is 12.3. The number of carbonyl (C=O) groups excluding carboxylic acids is 1. The third kappa shape index (κ3) is 2.70. The van der Waals surface area contributed by atoms with Crippen LogP contribution in [0.4, 0.5) is 0 Å². The number of nitrogens with zero attached hydrogens (tertiary/aromatic N) is 4. The van der Waals surface area contributed by atoms with Crippen LogP contribution in [0.25, 0.3) is 0 Å². The van der Waals surface area contributed by atoms with Crippen LogP contribution in [0.1, 0.15) is 23.0 Å². The summed E-state index contributed by atoms with van der Waals surface area (Å²) in [7, 11) is 1.84. The first-order chi connectivity index (χ1) is 8.49. The zero-order valence-electron chi connectivity index (χ0n) is 11.1. The molecule has 1 aromatic heterocycles. The molecule has 0 aromatic carbocycles. The maximum absolute atomic E-state index is 12.3. The lowest BCUT2D eigenvalue weighted by molar-refractivity contribution is 0.0630. The summed E-state index contributed by atoms with van der Waals surface area (Å²) in [4.78, 5) is 16.5. The highest BCUT2D eigenvalue weighted by molar-refractivity contribution is 7.80. The summed E-state index contributed by atoms with van der Waals surface area (Å²) in [6, 6.07) is 0. The molecular weight excluding hydrogens is 248 g/mol. The van der Waals surface area contributed by atoms with Crippen LogP contribution in [0.2, 0.25) is 0 Å². The van der Waals surface area contributed by atoms with Gasteiger partial charge in [0.05, 0.1) is 16.6 Å². The van der Waals surface area contributed by atoms with Gasteiger partial charge >= 0.3 is 0 Å². The van der Waals surface area contributed by atoms with E-state index in [2.05, 4.69) is 29.6 Å². The van der Waals surface area contributed by atoms with Crippen LogP contribution in [0.3, 0.4) is 0 Å². The molecule has 6 heteroatoms. The van der Waals surface area contributed by atoms with Gasteiger partial charge in [0.1, 0.15) is 0 Å². The van der Waals surface area contributed by atoms with E-state index in [4.69, 9.17) is 0 Å². The van der Waals surface area contributed by atoms with Crippen molar-refractivity contribution in [2.75, 3.05) is 26.2 Å². The van der Waals surface area contributed by atoms with Crippen molar-refractivity contribution in [2.24, 2.45) is 7.05 Å². The summed E-state index contributed by atoms with van der Waals surface area (Å²) in [6.07, 6.45) is 1.80. The molecule has 1 saturated heterocycles. The number of piperazine rings is 1. The number of aryl methyl sites for hydroxylation is 2. The van der Waals surface area contributed by atoms with Gasteiger partial charge < -0.3 is 4.90 Å². The van der Waals surface area contributed by atoms with E-state index < -0.39 is 0 Å². The molecule has 0 radical (unpaired) electrons. The van der Waals surface area contributed by atoms with E-state index in [0.29, 0.717) is 5.56 Å². The Morgan fingerprint density at radius 1 is 1.39 bits per heavy atom. The van der Waals surface area contributed by atoms with Gasteiger partial charge in [-0.1, -0.05) is 0 Å². The topological polar surface area (TPSA) is 41.4 Å². The standard InChI is InChI=1S/C12H20N4OS/c1-9-11(8-14(3)13-9)12(17)16-6-4-15(5-7-16)10(2)18/h8,10,18H,4-7H2,1-3H3. The number of amides is 1. The zero-order chi connectivity index (χ0) is 13.3. The fraction of sp³-hybridized carbons (Fsp3) is 0.667. The third-order valence-electron chi connectivity index (χ3n) is 3.37. The SMILES string of the molecule is Cc1nn(C)cc1C(=O)N1CCN(C(C)S)CC1. The summed E-state index contributed by atoms with van der Waals surface area (Å²) in [5, 5.41) is 4.47. The van der Waals surface area contributed by atoms with Crippen molar-refractivity contribution < 1.29 is 4.79 Å². The second-order valence-electron chi connectivity index (χ2n) is 4.76. The predicted molar refractivity (Wildman–Crippen MR) is 73.9 cm³/mol. The number of hydrogen-bond donors (Lipinski definition) is 1. The first kappa shape index (κ1) is 13.4. The van der Waals surface area contributed by atoms with E-state index in [1.807, 2.05) is 18.9 Å². The molecule has 1 aliphatic heterocycles. The Labute approximate surface area is 113 Å². The lowest BCUT2D eigenvalue weighted by atomic mass is 10.2. The van der Waals surface area contributed by atoms with Gasteiger partial charge in [0.25, 0.3) is 5.91 Å². The third-order valence-corrected chi connectivity index (χ3v) is 3.70. The molecule has 1 fully saturated rings. The van der Waals surface area contributed by atoms with Crippen molar-refractivity contribution in [3.8, 4) is 0 Å². The van der Waals surface area contributed by atoms with Crippen LogP contribution in [-0.4, -0.2) is 57.0 Å². The molecule has 2 rings (SSSR count). The Hall–Kier alpha value is -1.01. The summed E-state index contributed by atoms with van der Waals surface area (Å²) < 4.78 is 1.69. The first-order valence-electron chi connectivity index (χ1n) is 6.20. The summed E-state index contributed by atoms with van der Waals surface area (Å²) in [5.74, 6) is 0.0899. The van der Waals surface area contributed by atoms with Crippen LogP contribution < -0.4 is 0 Å². The van der Waals surface area contributed by atoms with Crippen LogP contribution in [0.5, 0.6) is 0 Å². The van der Waals surface area contributed by atoms with Crippen molar-refractivity contribution in [1.29, 1.82) is 0 Å². The van der Waals surface area contributed by atoms with E-state index in [1.165, 1.54) is 0 Å². The van der Waals surface area contributed by atoms with E-state index in [0.717, 1.165) is 31.9 Å². The van der Waals surface area contributed by atoms with Gasteiger partial charge in [0.2, 0.25) is 0 Å². The summed E-state index contributed by atoms with van der Waals surface area (Å²) in [5.41, 5.74) is 1.51. The van der Waals surface area contributed by atoms with Crippen LogP contribution >= 0.6 is 12.6 Å². The van der Waals surface area contributed by atoms with Gasteiger partial charge in [-0.2, -0.15) is 17.7 Å². The number of thiol groups is 1. The molecule has 0 saturated carbocycles. The summed E-state index contributed by atoms with van der Waals surface area (Å²) >= 11 is 4.42. The van der Waals surface area contributed by atoms with E-state index >= 15 is 0 Å². The second-order valence-corrected chi connectivity index (χ2v) is 5.51. The fourth-order valence-corrected chi connectivity index (χ4v) is 2.51. The van der Waals surface area contributed by atoms with Crippen molar-refractivity contribution in [3.05, 3.63) is 17.5 Å². The largest absolute Gasteiger partial charge is 0.336 e. The molecule has 0 aliphatic carbocycles. The normalized spacial score (nSPS) is 19.0. The Kier molecular flexibility index (Phi) is 3.97. The minimum absolute atomic E-state index is 0.0899. The van der Waals surface area contributed by atoms with Crippen molar-refractivity contribution in [2.45, 2.75) is 19.2 Å². The molecule has 5 nitrogen and oxygen atoms in total. The van der Waals surface area contributed by atoms with Gasteiger partial charge in [-0.15, -0.1) is 0 Å². The zero-order valence-corrected chi connectivity index (χ0v) is 12.0. The van der Waals surface area contributed by atoms with E-state index in [1.54, 1.807) is 10.9 Å². The average molecular weight is 268 g/mol. The van der Waals surface area contributed by atoms with Gasteiger partial charge in [-0.25, -0.2) is 0 Å². The smallest absolute Gasteiger partial charge is 0.257 e. The molecule has 2 heterocycles. The Balaban J connectivity index is 2.02. The molecule has 1 aromatic rings. The minimum atomic E-state index is 0.0899. The van der Waals surface area contributed by atoms with Gasteiger partial charge in [0.15, 0.2) is 0 Å². The lowest BCUT2D eigenvalue weighted by Gasteiger charge is -2.36. The van der Waals surface area contributed by atoms with Crippen LogP contribution in [0.15, 0.2) is 6.20 Å². The molecule has 1 amide bonds. The van der Waals surface area contributed by atoms with Crippen molar-refractivity contribution in [1.82, 2.24) is 19.6 Å². The molecule has 1 aliphatic rings. The highest BCUT2D eigenvalue weighted by Gasteiger charge is 2.25. The molecule has 1 unspecified atom stereocenters. The molecule has 0 bridgehead atoms.